The predicted molar refractivity (Wildman–Crippen MR) is 136 cm³/mol. The maximum atomic E-state index is 14.3. The number of nitrogens with zero attached hydrogens (tertiary/aromatic N) is 3. The minimum atomic E-state index is -0.155. The molecule has 2 aliphatic rings. The molecule has 0 N–H and O–H groups in total. The molecule has 3 aromatic rings. The van der Waals surface area contributed by atoms with E-state index < -0.39 is 0 Å². The van der Waals surface area contributed by atoms with Crippen LogP contribution in [0.5, 0.6) is 0 Å². The van der Waals surface area contributed by atoms with Crippen LogP contribution in [-0.2, 0) is 22.5 Å². The van der Waals surface area contributed by atoms with E-state index in [1.54, 1.807) is 26.2 Å². The number of carbonyl (C=O) groups excluding carboxylic acids is 1. The summed E-state index contributed by atoms with van der Waals surface area (Å²) in [5, 5.41) is 0.591. The number of fused-ring (bicyclic) bond motifs is 2. The quantitative estimate of drug-likeness (QED) is 0.529. The zero-order valence-corrected chi connectivity index (χ0v) is 20.7. The van der Waals surface area contributed by atoms with Crippen LogP contribution in [-0.4, -0.2) is 57.8 Å². The Balaban J connectivity index is 0.000000527. The fourth-order valence-electron chi connectivity index (χ4n) is 4.62. The standard InChI is InChI=1S/C24H25FN2O3.C3H7NO/c1-15-10-17(14-27-16(2)12-18-20(25)4-3-5-21(18)27)24-19(11-15)22(28)13-23(30-24)26-6-8-29-9-7-26;1-4(2)3-5/h3-5,10-11,13,16H,6-9,12,14H2,1-2H3;3H,1-2H3/t16-;/m0./s1. The summed E-state index contributed by atoms with van der Waals surface area (Å²) in [6.45, 7) is 7.29. The summed E-state index contributed by atoms with van der Waals surface area (Å²) in [5.41, 5.74) is 4.22. The lowest BCUT2D eigenvalue weighted by Crippen LogP contribution is -2.36. The van der Waals surface area contributed by atoms with Crippen molar-refractivity contribution in [3.05, 3.63) is 69.1 Å². The highest BCUT2D eigenvalue weighted by molar-refractivity contribution is 5.82. The molecule has 0 bridgehead atoms. The minimum absolute atomic E-state index is 0.0383. The molecule has 35 heavy (non-hydrogen) atoms. The van der Waals surface area contributed by atoms with Crippen LogP contribution in [0.3, 0.4) is 0 Å². The number of hydrogen-bond acceptors (Lipinski definition) is 6. The summed E-state index contributed by atoms with van der Waals surface area (Å²) < 4.78 is 26.0. The number of carbonyl (C=O) groups is 1. The van der Waals surface area contributed by atoms with Crippen LogP contribution in [0, 0.1) is 12.7 Å². The van der Waals surface area contributed by atoms with E-state index in [2.05, 4.69) is 22.8 Å². The Bertz CT molecular complexity index is 1270. The number of benzene rings is 2. The second kappa shape index (κ2) is 10.5. The third-order valence-electron chi connectivity index (χ3n) is 6.35. The lowest BCUT2D eigenvalue weighted by atomic mass is 10.1. The molecule has 5 rings (SSSR count). The summed E-state index contributed by atoms with van der Waals surface area (Å²) in [4.78, 5) is 28.0. The number of aryl methyl sites for hydroxylation is 1. The van der Waals surface area contributed by atoms with Gasteiger partial charge in [-0.05, 0) is 44.0 Å². The van der Waals surface area contributed by atoms with Crippen LogP contribution in [0.2, 0.25) is 0 Å². The second-order valence-corrected chi connectivity index (χ2v) is 9.34. The lowest BCUT2D eigenvalue weighted by Gasteiger charge is -2.28. The predicted octanol–water partition coefficient (Wildman–Crippen LogP) is 3.73. The number of halogens is 1. The summed E-state index contributed by atoms with van der Waals surface area (Å²) in [5.74, 6) is 0.430. The van der Waals surface area contributed by atoms with Crippen molar-refractivity contribution < 1.29 is 18.3 Å². The van der Waals surface area contributed by atoms with E-state index in [0.29, 0.717) is 56.1 Å². The van der Waals surface area contributed by atoms with Gasteiger partial charge in [-0.25, -0.2) is 4.39 Å². The Morgan fingerprint density at radius 1 is 1.17 bits per heavy atom. The molecule has 1 atom stereocenters. The molecule has 8 heteroatoms. The van der Waals surface area contributed by atoms with Crippen LogP contribution in [0.4, 0.5) is 16.0 Å². The third-order valence-corrected chi connectivity index (χ3v) is 6.35. The Morgan fingerprint density at radius 3 is 2.57 bits per heavy atom. The van der Waals surface area contributed by atoms with E-state index in [1.165, 1.54) is 11.0 Å². The number of ether oxygens (including phenoxy) is 1. The van der Waals surface area contributed by atoms with Gasteiger partial charge in [0.2, 0.25) is 6.41 Å². The SMILES string of the molecule is CN(C)C=O.Cc1cc(CN2c3cccc(F)c3C[C@@H]2C)c2oc(N3CCOCC3)cc(=O)c2c1. The third kappa shape index (κ3) is 5.32. The molecule has 1 saturated heterocycles. The van der Waals surface area contributed by atoms with Crippen LogP contribution < -0.4 is 15.2 Å². The first kappa shape index (κ1) is 24.7. The Hall–Kier alpha value is -3.39. The number of morpholine rings is 1. The average Bonchev–Trinajstić information content (AvgIpc) is 3.17. The highest BCUT2D eigenvalue weighted by Crippen LogP contribution is 2.36. The molecule has 0 saturated carbocycles. The van der Waals surface area contributed by atoms with E-state index in [9.17, 15) is 14.0 Å². The van der Waals surface area contributed by atoms with Crippen molar-refractivity contribution in [1.29, 1.82) is 0 Å². The van der Waals surface area contributed by atoms with Gasteiger partial charge in [-0.1, -0.05) is 12.1 Å². The van der Waals surface area contributed by atoms with Gasteiger partial charge in [-0.15, -0.1) is 0 Å². The normalized spacial score (nSPS) is 17.1. The van der Waals surface area contributed by atoms with E-state index in [0.717, 1.165) is 28.8 Å². The van der Waals surface area contributed by atoms with Crippen LogP contribution >= 0.6 is 0 Å². The van der Waals surface area contributed by atoms with Gasteiger partial charge in [-0.2, -0.15) is 0 Å². The molecule has 1 amide bonds. The zero-order chi connectivity index (χ0) is 25.1. The highest BCUT2D eigenvalue weighted by Gasteiger charge is 2.29. The molecular formula is C27H32FN3O4. The van der Waals surface area contributed by atoms with E-state index in [1.807, 2.05) is 19.1 Å². The lowest BCUT2D eigenvalue weighted by molar-refractivity contribution is -0.115. The molecular weight excluding hydrogens is 449 g/mol. The molecule has 1 aromatic heterocycles. The molecule has 186 valence electrons. The first-order valence-electron chi connectivity index (χ1n) is 11.8. The number of amides is 1. The van der Waals surface area contributed by atoms with Gasteiger partial charge in [0, 0.05) is 62.7 Å². The highest BCUT2D eigenvalue weighted by atomic mass is 19.1. The van der Waals surface area contributed by atoms with Gasteiger partial charge in [0.1, 0.15) is 11.4 Å². The minimum Gasteiger partial charge on any atom is -0.440 e. The molecule has 0 spiro atoms. The van der Waals surface area contributed by atoms with Crippen molar-refractivity contribution in [1.82, 2.24) is 4.90 Å². The van der Waals surface area contributed by atoms with Crippen molar-refractivity contribution in [3.63, 3.8) is 0 Å². The smallest absolute Gasteiger partial charge is 0.209 e. The first-order valence-corrected chi connectivity index (χ1v) is 11.8. The number of anilines is 2. The van der Waals surface area contributed by atoms with E-state index >= 15 is 0 Å². The van der Waals surface area contributed by atoms with Gasteiger partial charge in [0.25, 0.3) is 0 Å². The van der Waals surface area contributed by atoms with Crippen LogP contribution in [0.25, 0.3) is 11.0 Å². The summed E-state index contributed by atoms with van der Waals surface area (Å²) in [6.07, 6.45) is 1.43. The Labute approximate surface area is 204 Å². The van der Waals surface area contributed by atoms with Crippen molar-refractivity contribution in [3.8, 4) is 0 Å². The van der Waals surface area contributed by atoms with Gasteiger partial charge in [0.15, 0.2) is 11.3 Å². The molecule has 0 aliphatic carbocycles. The second-order valence-electron chi connectivity index (χ2n) is 9.34. The summed E-state index contributed by atoms with van der Waals surface area (Å²) in [7, 11) is 3.38. The fraction of sp³-hybridized carbons (Fsp3) is 0.407. The molecule has 1 fully saturated rings. The Morgan fingerprint density at radius 2 is 1.89 bits per heavy atom. The molecule has 0 unspecified atom stereocenters. The molecule has 0 radical (unpaired) electrons. The van der Waals surface area contributed by atoms with Gasteiger partial charge >= 0.3 is 0 Å². The fourth-order valence-corrected chi connectivity index (χ4v) is 4.62. The molecule has 3 heterocycles. The zero-order valence-electron chi connectivity index (χ0n) is 20.7. The molecule has 7 nitrogen and oxygen atoms in total. The largest absolute Gasteiger partial charge is 0.440 e. The summed E-state index contributed by atoms with van der Waals surface area (Å²) >= 11 is 0. The maximum Gasteiger partial charge on any atom is 0.209 e. The first-order chi connectivity index (χ1) is 16.8. The number of rotatable bonds is 4. The van der Waals surface area contributed by atoms with Gasteiger partial charge < -0.3 is 23.9 Å². The van der Waals surface area contributed by atoms with Crippen LogP contribution in [0.15, 0.2) is 45.6 Å². The maximum absolute atomic E-state index is 14.3. The van der Waals surface area contributed by atoms with Crippen LogP contribution in [0.1, 0.15) is 23.6 Å². The summed E-state index contributed by atoms with van der Waals surface area (Å²) in [6, 6.07) is 10.9. The molecule has 2 aliphatic heterocycles. The average molecular weight is 482 g/mol. The van der Waals surface area contributed by atoms with Crippen molar-refractivity contribution in [2.24, 2.45) is 0 Å². The topological polar surface area (TPSA) is 66.2 Å². The monoisotopic (exact) mass is 481 g/mol. The van der Waals surface area contributed by atoms with E-state index in [4.69, 9.17) is 9.15 Å². The Kier molecular flexibility index (Phi) is 7.40. The molecule has 2 aromatic carbocycles. The van der Waals surface area contributed by atoms with Gasteiger partial charge in [0.05, 0.1) is 18.6 Å². The van der Waals surface area contributed by atoms with Crippen molar-refractivity contribution >= 4 is 29.0 Å². The van der Waals surface area contributed by atoms with Crippen molar-refractivity contribution in [2.75, 3.05) is 50.2 Å². The van der Waals surface area contributed by atoms with Gasteiger partial charge in [-0.3, -0.25) is 9.59 Å². The van der Waals surface area contributed by atoms with Crippen molar-refractivity contribution in [2.45, 2.75) is 32.9 Å². The van der Waals surface area contributed by atoms with E-state index in [-0.39, 0.29) is 17.3 Å². The number of hydrogen-bond donors (Lipinski definition) is 0.